The second-order valence-electron chi connectivity index (χ2n) is 5.84. The van der Waals surface area contributed by atoms with Gasteiger partial charge in [0.2, 0.25) is 0 Å². The first-order chi connectivity index (χ1) is 9.92. The summed E-state index contributed by atoms with van der Waals surface area (Å²) in [6, 6.07) is 0.331. The highest BCUT2D eigenvalue weighted by Crippen LogP contribution is 2.19. The van der Waals surface area contributed by atoms with Gasteiger partial charge in [0.25, 0.3) is 0 Å². The number of hydrogen-bond donors (Lipinski definition) is 1. The third-order valence-electron chi connectivity index (χ3n) is 4.35. The van der Waals surface area contributed by atoms with E-state index in [4.69, 9.17) is 0 Å². The molecular weight excluding hydrogens is 248 g/mol. The molecule has 0 spiro atoms. The Morgan fingerprint density at radius 3 is 2.25 bits per heavy atom. The Morgan fingerprint density at radius 2 is 1.55 bits per heavy atom. The van der Waals surface area contributed by atoms with Gasteiger partial charge in [-0.25, -0.2) is 0 Å². The smallest absolute Gasteiger partial charge is 0.0745 e. The molecule has 0 amide bonds. The molecule has 0 unspecified atom stereocenters. The summed E-state index contributed by atoms with van der Waals surface area (Å²) in [5.41, 5.74) is 0.977. The lowest BCUT2D eigenvalue weighted by Crippen LogP contribution is -2.44. The molecule has 2 rings (SSSR count). The highest BCUT2D eigenvalue weighted by molar-refractivity contribution is 5.89. The molecule has 1 fully saturated rings. The van der Waals surface area contributed by atoms with Gasteiger partial charge in [0, 0.05) is 0 Å². The van der Waals surface area contributed by atoms with Crippen LogP contribution in [0, 0.1) is 0 Å². The normalized spacial score (nSPS) is 32.2. The Balaban J connectivity index is 2.05. The minimum Gasteiger partial charge on any atom is -0.411 e. The predicted molar refractivity (Wildman–Crippen MR) is 84.4 cm³/mol. The van der Waals surface area contributed by atoms with Crippen LogP contribution in [0.15, 0.2) is 29.5 Å². The van der Waals surface area contributed by atoms with Crippen LogP contribution in [0.2, 0.25) is 0 Å². The van der Waals surface area contributed by atoms with Gasteiger partial charge in [0.15, 0.2) is 0 Å². The van der Waals surface area contributed by atoms with Crippen LogP contribution in [0.1, 0.15) is 57.8 Å². The number of rotatable bonds is 1. The first-order valence-electron chi connectivity index (χ1n) is 8.16. The van der Waals surface area contributed by atoms with Crippen molar-refractivity contribution in [2.75, 3.05) is 13.1 Å². The maximum Gasteiger partial charge on any atom is 0.0745 e. The van der Waals surface area contributed by atoms with Crippen molar-refractivity contribution in [3.63, 3.8) is 0 Å². The molecule has 3 nitrogen and oxygen atoms in total. The molecule has 1 aliphatic heterocycles. The Bertz CT molecular complexity index is 354. The third kappa shape index (κ3) is 4.78. The average molecular weight is 276 g/mol. The van der Waals surface area contributed by atoms with Crippen LogP contribution in [-0.4, -0.2) is 35.0 Å². The van der Waals surface area contributed by atoms with Crippen LogP contribution in [-0.2, 0) is 0 Å². The van der Waals surface area contributed by atoms with Gasteiger partial charge in [0.05, 0.1) is 11.8 Å². The van der Waals surface area contributed by atoms with Crippen molar-refractivity contribution in [2.24, 2.45) is 5.16 Å². The van der Waals surface area contributed by atoms with E-state index in [0.29, 0.717) is 6.04 Å². The molecule has 0 aromatic heterocycles. The monoisotopic (exact) mass is 276 g/mol. The van der Waals surface area contributed by atoms with E-state index in [0.717, 1.165) is 57.3 Å². The van der Waals surface area contributed by atoms with Crippen molar-refractivity contribution >= 4 is 5.71 Å². The summed E-state index contributed by atoms with van der Waals surface area (Å²) >= 11 is 0. The van der Waals surface area contributed by atoms with Gasteiger partial charge >= 0.3 is 0 Å². The van der Waals surface area contributed by atoms with E-state index in [2.05, 4.69) is 34.4 Å². The lowest BCUT2D eigenvalue weighted by atomic mass is 9.97. The summed E-state index contributed by atoms with van der Waals surface area (Å²) in [5.74, 6) is 0. The minimum absolute atomic E-state index is 0.331. The molecule has 20 heavy (non-hydrogen) atoms. The second-order valence-corrected chi connectivity index (χ2v) is 5.84. The molecule has 1 N–H and O–H groups in total. The van der Waals surface area contributed by atoms with Crippen LogP contribution in [0.5, 0.6) is 0 Å². The van der Waals surface area contributed by atoms with Crippen molar-refractivity contribution in [2.45, 2.75) is 63.8 Å². The largest absolute Gasteiger partial charge is 0.411 e. The molecule has 2 aliphatic rings. The summed E-state index contributed by atoms with van der Waals surface area (Å²) < 4.78 is 0. The van der Waals surface area contributed by atoms with Crippen molar-refractivity contribution in [1.29, 1.82) is 0 Å². The molecular formula is C17H28N2O. The van der Waals surface area contributed by atoms with Crippen LogP contribution < -0.4 is 0 Å². The zero-order valence-electron chi connectivity index (χ0n) is 12.5. The average Bonchev–Trinajstić information content (AvgIpc) is 2.49. The van der Waals surface area contributed by atoms with Crippen LogP contribution in [0.4, 0.5) is 0 Å². The maximum absolute atomic E-state index is 9.42. The molecule has 0 radical (unpaired) electrons. The molecule has 0 bridgehead atoms. The highest BCUT2D eigenvalue weighted by atomic mass is 16.4. The van der Waals surface area contributed by atoms with E-state index in [1.807, 2.05) is 0 Å². The molecule has 0 saturated carbocycles. The van der Waals surface area contributed by atoms with Gasteiger partial charge < -0.3 is 5.21 Å². The van der Waals surface area contributed by atoms with Gasteiger partial charge in [-0.15, -0.1) is 0 Å². The molecule has 0 aromatic rings. The van der Waals surface area contributed by atoms with Crippen molar-refractivity contribution in [3.05, 3.63) is 24.3 Å². The van der Waals surface area contributed by atoms with Gasteiger partial charge in [-0.05, 0) is 64.5 Å². The maximum atomic E-state index is 9.42. The standard InChI is InChI=1S/C17H28N2O/c20-18-16-12-8-5-3-1-2-4-6-9-13-17(16)19-14-10-7-11-15-19/h3-6,17,20H,1-2,7-15H2/b5-3+,6-4+,18-16+/t17-/m0/s1. The summed E-state index contributed by atoms with van der Waals surface area (Å²) in [6.07, 6.45) is 19.3. The van der Waals surface area contributed by atoms with Crippen LogP contribution >= 0.6 is 0 Å². The lowest BCUT2D eigenvalue weighted by molar-refractivity contribution is 0.189. The summed E-state index contributed by atoms with van der Waals surface area (Å²) in [6.45, 7) is 2.31. The fourth-order valence-corrected chi connectivity index (χ4v) is 3.22. The molecule has 3 heteroatoms. The lowest BCUT2D eigenvalue weighted by Gasteiger charge is -2.34. The number of allylic oxidation sites excluding steroid dienone is 4. The van der Waals surface area contributed by atoms with Gasteiger partial charge in [0.1, 0.15) is 0 Å². The number of oxime groups is 1. The molecule has 1 aliphatic carbocycles. The fourth-order valence-electron chi connectivity index (χ4n) is 3.22. The number of hydrogen-bond acceptors (Lipinski definition) is 3. The first kappa shape index (κ1) is 15.3. The van der Waals surface area contributed by atoms with Crippen LogP contribution in [0.3, 0.4) is 0 Å². The highest BCUT2D eigenvalue weighted by Gasteiger charge is 2.24. The van der Waals surface area contributed by atoms with Crippen molar-refractivity contribution < 1.29 is 5.21 Å². The predicted octanol–water partition coefficient (Wildman–Crippen LogP) is 4.14. The Kier molecular flexibility index (Phi) is 6.85. The fraction of sp³-hybridized carbons (Fsp3) is 0.706. The Labute approximate surface area is 123 Å². The zero-order chi connectivity index (χ0) is 14.0. The van der Waals surface area contributed by atoms with Crippen molar-refractivity contribution in [3.8, 4) is 0 Å². The molecule has 1 heterocycles. The SMILES string of the molecule is O/N=C1\CC/C=C/CC/C=C/CC[C@@H]1N1CCCCC1. The van der Waals surface area contributed by atoms with Crippen LogP contribution in [0.25, 0.3) is 0 Å². The van der Waals surface area contributed by atoms with Gasteiger partial charge in [-0.2, -0.15) is 0 Å². The van der Waals surface area contributed by atoms with E-state index in [1.54, 1.807) is 0 Å². The summed E-state index contributed by atoms with van der Waals surface area (Å²) in [4.78, 5) is 2.53. The van der Waals surface area contributed by atoms with Gasteiger partial charge in [-0.3, -0.25) is 4.90 Å². The third-order valence-corrected chi connectivity index (χ3v) is 4.35. The first-order valence-corrected chi connectivity index (χ1v) is 8.16. The number of piperidine rings is 1. The molecule has 1 atom stereocenters. The van der Waals surface area contributed by atoms with E-state index < -0.39 is 0 Å². The van der Waals surface area contributed by atoms with E-state index in [-0.39, 0.29) is 0 Å². The second kappa shape index (κ2) is 8.96. The van der Waals surface area contributed by atoms with E-state index >= 15 is 0 Å². The molecule has 112 valence electrons. The Hall–Kier alpha value is -1.09. The minimum atomic E-state index is 0.331. The summed E-state index contributed by atoms with van der Waals surface area (Å²) in [5, 5.41) is 13.1. The molecule has 0 aromatic carbocycles. The Morgan fingerprint density at radius 1 is 0.900 bits per heavy atom. The van der Waals surface area contributed by atoms with Gasteiger partial charge in [-0.1, -0.05) is 35.9 Å². The molecule has 1 saturated heterocycles. The number of likely N-dealkylation sites (tertiary alicyclic amines) is 1. The summed E-state index contributed by atoms with van der Waals surface area (Å²) in [7, 11) is 0. The van der Waals surface area contributed by atoms with Crippen molar-refractivity contribution in [1.82, 2.24) is 4.90 Å². The zero-order valence-corrected chi connectivity index (χ0v) is 12.5. The topological polar surface area (TPSA) is 35.8 Å². The quantitative estimate of drug-likeness (QED) is 0.444. The van der Waals surface area contributed by atoms with E-state index in [9.17, 15) is 5.21 Å². The number of nitrogens with zero attached hydrogens (tertiary/aromatic N) is 2. The van der Waals surface area contributed by atoms with E-state index in [1.165, 1.54) is 19.3 Å².